The molecule has 1 aliphatic carbocycles. The Morgan fingerprint density at radius 2 is 1.74 bits per heavy atom. The maximum atomic E-state index is 13.0. The van der Waals surface area contributed by atoms with E-state index in [9.17, 15) is 19.2 Å². The lowest BCUT2D eigenvalue weighted by Crippen LogP contribution is -2.47. The van der Waals surface area contributed by atoms with E-state index in [1.54, 1.807) is 24.3 Å². The van der Waals surface area contributed by atoms with Crippen LogP contribution < -0.4 is 16.0 Å². The molecule has 0 spiro atoms. The number of benzene rings is 1. The molecule has 1 aliphatic heterocycles. The Balaban J connectivity index is 1.68. The lowest BCUT2D eigenvalue weighted by molar-refractivity contribution is -0.134. The second kappa shape index (κ2) is 9.94. The van der Waals surface area contributed by atoms with Crippen LogP contribution in [-0.4, -0.2) is 46.8 Å². The molecule has 31 heavy (non-hydrogen) atoms. The number of hydrogen-bond donors (Lipinski definition) is 3. The molecule has 5 amide bonds. The van der Waals surface area contributed by atoms with Gasteiger partial charge in [0.1, 0.15) is 12.1 Å². The number of anilines is 1. The van der Waals surface area contributed by atoms with Gasteiger partial charge >= 0.3 is 6.03 Å². The average molecular weight is 429 g/mol. The average Bonchev–Trinajstić information content (AvgIpc) is 3.32. The van der Waals surface area contributed by atoms with Crippen molar-refractivity contribution in [2.45, 2.75) is 76.8 Å². The molecule has 1 saturated heterocycles. The van der Waals surface area contributed by atoms with Gasteiger partial charge < -0.3 is 16.0 Å². The second-order valence-electron chi connectivity index (χ2n) is 8.45. The predicted molar refractivity (Wildman–Crippen MR) is 118 cm³/mol. The fraction of sp³-hybridized carbons (Fsp3) is 0.565. The van der Waals surface area contributed by atoms with Crippen molar-refractivity contribution in [3.05, 3.63) is 29.8 Å². The van der Waals surface area contributed by atoms with Crippen LogP contribution in [0.15, 0.2) is 24.3 Å². The lowest BCUT2D eigenvalue weighted by atomic mass is 9.88. The number of urea groups is 1. The molecule has 3 N–H and O–H groups in total. The molecule has 0 radical (unpaired) electrons. The molecule has 2 aliphatic rings. The van der Waals surface area contributed by atoms with Crippen molar-refractivity contribution in [3.63, 3.8) is 0 Å². The third-order valence-corrected chi connectivity index (χ3v) is 6.04. The maximum Gasteiger partial charge on any atom is 0.325 e. The molecule has 1 aromatic rings. The van der Waals surface area contributed by atoms with Crippen LogP contribution in [0.3, 0.4) is 0 Å². The maximum absolute atomic E-state index is 13.0. The van der Waals surface area contributed by atoms with Crippen LogP contribution in [0.25, 0.3) is 0 Å². The number of imide groups is 1. The van der Waals surface area contributed by atoms with Gasteiger partial charge in [0.15, 0.2) is 0 Å². The Labute approximate surface area is 183 Å². The Morgan fingerprint density at radius 1 is 1.10 bits per heavy atom. The smallest absolute Gasteiger partial charge is 0.325 e. The van der Waals surface area contributed by atoms with Crippen molar-refractivity contribution < 1.29 is 19.2 Å². The molecule has 0 bridgehead atoms. The Bertz CT molecular complexity index is 842. The largest absolute Gasteiger partial charge is 0.349 e. The van der Waals surface area contributed by atoms with Gasteiger partial charge in [-0.05, 0) is 37.8 Å². The lowest BCUT2D eigenvalue weighted by Gasteiger charge is -2.25. The molecule has 168 valence electrons. The summed E-state index contributed by atoms with van der Waals surface area (Å²) >= 11 is 0. The molecular formula is C23H32N4O4. The van der Waals surface area contributed by atoms with Crippen LogP contribution in [0.5, 0.6) is 0 Å². The fourth-order valence-corrected chi connectivity index (χ4v) is 4.59. The summed E-state index contributed by atoms with van der Waals surface area (Å²) in [7, 11) is 0. The third-order valence-electron chi connectivity index (χ3n) is 6.04. The first-order chi connectivity index (χ1) is 14.9. The Morgan fingerprint density at radius 3 is 2.39 bits per heavy atom. The molecule has 1 aromatic carbocycles. The molecular weight excluding hydrogens is 396 g/mol. The van der Waals surface area contributed by atoms with Gasteiger partial charge in [0, 0.05) is 6.04 Å². The van der Waals surface area contributed by atoms with Gasteiger partial charge in [-0.15, -0.1) is 0 Å². The van der Waals surface area contributed by atoms with Crippen molar-refractivity contribution in [2.75, 3.05) is 11.9 Å². The summed E-state index contributed by atoms with van der Waals surface area (Å²) in [6.07, 6.45) is 6.69. The van der Waals surface area contributed by atoms with E-state index in [0.717, 1.165) is 43.4 Å². The van der Waals surface area contributed by atoms with E-state index in [2.05, 4.69) is 16.0 Å². The highest BCUT2D eigenvalue weighted by atomic mass is 16.2. The van der Waals surface area contributed by atoms with Crippen LogP contribution in [0.1, 0.15) is 75.6 Å². The minimum atomic E-state index is -0.931. The third kappa shape index (κ3) is 5.06. The van der Waals surface area contributed by atoms with E-state index in [4.69, 9.17) is 0 Å². The topological polar surface area (TPSA) is 108 Å². The minimum absolute atomic E-state index is 0.160. The van der Waals surface area contributed by atoms with Crippen molar-refractivity contribution in [1.82, 2.24) is 15.5 Å². The minimum Gasteiger partial charge on any atom is -0.349 e. The number of nitrogens with one attached hydrogen (secondary N) is 3. The number of para-hydroxylation sites is 1. The van der Waals surface area contributed by atoms with E-state index in [1.165, 1.54) is 0 Å². The number of rotatable bonds is 9. The number of nitrogens with zero attached hydrogens (tertiary/aromatic N) is 1. The normalized spacial score (nSPS) is 18.2. The summed E-state index contributed by atoms with van der Waals surface area (Å²) in [5, 5.41) is 8.52. The van der Waals surface area contributed by atoms with Crippen LogP contribution in [0, 0.1) is 0 Å². The zero-order valence-corrected chi connectivity index (χ0v) is 18.3. The standard InChI is InChI=1S/C23H32N4O4/c1-3-13-23(14-4-2)21(30)27(22(31)26-23)15-19(28)25-18-12-8-7-11-17(18)20(29)24-16-9-5-6-10-16/h7-8,11-12,16H,3-6,9-10,13-15H2,1-2H3,(H,24,29)(H,25,28)(H,26,31). The highest BCUT2D eigenvalue weighted by Crippen LogP contribution is 2.28. The zero-order chi connectivity index (χ0) is 22.4. The highest BCUT2D eigenvalue weighted by Gasteiger charge is 2.50. The summed E-state index contributed by atoms with van der Waals surface area (Å²) < 4.78 is 0. The number of amides is 5. The first-order valence-corrected chi connectivity index (χ1v) is 11.2. The SMILES string of the molecule is CCCC1(CCC)NC(=O)N(CC(=O)Nc2ccccc2C(=O)NC2CCCC2)C1=O. The van der Waals surface area contributed by atoms with E-state index >= 15 is 0 Å². The number of carbonyl (C=O) groups excluding carboxylic acids is 4. The quantitative estimate of drug-likeness (QED) is 0.525. The molecule has 1 saturated carbocycles. The molecule has 1 heterocycles. The molecule has 0 unspecified atom stereocenters. The van der Waals surface area contributed by atoms with E-state index in [-0.39, 0.29) is 17.9 Å². The van der Waals surface area contributed by atoms with Crippen molar-refractivity contribution in [2.24, 2.45) is 0 Å². The fourth-order valence-electron chi connectivity index (χ4n) is 4.59. The summed E-state index contributed by atoms with van der Waals surface area (Å²) in [5.74, 6) is -1.11. The summed E-state index contributed by atoms with van der Waals surface area (Å²) in [6.45, 7) is 3.53. The first kappa shape index (κ1) is 22.8. The van der Waals surface area contributed by atoms with Crippen molar-refractivity contribution >= 4 is 29.4 Å². The Hall–Kier alpha value is -2.90. The van der Waals surface area contributed by atoms with Gasteiger partial charge in [-0.25, -0.2) is 4.79 Å². The van der Waals surface area contributed by atoms with Crippen LogP contribution in [0.2, 0.25) is 0 Å². The predicted octanol–water partition coefficient (Wildman–Crippen LogP) is 3.19. The van der Waals surface area contributed by atoms with Crippen LogP contribution in [0.4, 0.5) is 10.5 Å². The van der Waals surface area contributed by atoms with Gasteiger partial charge in [-0.2, -0.15) is 0 Å². The van der Waals surface area contributed by atoms with E-state index < -0.39 is 24.0 Å². The molecule has 8 nitrogen and oxygen atoms in total. The molecule has 8 heteroatoms. The Kier molecular flexibility index (Phi) is 7.30. The van der Waals surface area contributed by atoms with Gasteiger partial charge in [0.05, 0.1) is 11.3 Å². The number of carbonyl (C=O) groups is 4. The monoisotopic (exact) mass is 428 g/mol. The summed E-state index contributed by atoms with van der Waals surface area (Å²) in [4.78, 5) is 51.8. The van der Waals surface area contributed by atoms with Crippen molar-refractivity contribution in [1.29, 1.82) is 0 Å². The summed E-state index contributed by atoms with van der Waals surface area (Å²) in [5.41, 5.74) is -0.199. The van der Waals surface area contributed by atoms with Gasteiger partial charge in [-0.1, -0.05) is 51.7 Å². The molecule has 0 atom stereocenters. The zero-order valence-electron chi connectivity index (χ0n) is 18.3. The van der Waals surface area contributed by atoms with Gasteiger partial charge in [0.2, 0.25) is 5.91 Å². The number of hydrogen-bond acceptors (Lipinski definition) is 4. The highest BCUT2D eigenvalue weighted by molar-refractivity contribution is 6.11. The van der Waals surface area contributed by atoms with Gasteiger partial charge in [0.25, 0.3) is 11.8 Å². The second-order valence-corrected chi connectivity index (χ2v) is 8.45. The molecule has 2 fully saturated rings. The van der Waals surface area contributed by atoms with Crippen LogP contribution >= 0.6 is 0 Å². The molecule has 3 rings (SSSR count). The first-order valence-electron chi connectivity index (χ1n) is 11.2. The van der Waals surface area contributed by atoms with E-state index in [1.807, 2.05) is 13.8 Å². The van der Waals surface area contributed by atoms with Crippen molar-refractivity contribution in [3.8, 4) is 0 Å². The van der Waals surface area contributed by atoms with Gasteiger partial charge in [-0.3, -0.25) is 19.3 Å². The van der Waals surface area contributed by atoms with E-state index in [0.29, 0.717) is 24.1 Å². The van der Waals surface area contributed by atoms with Crippen LogP contribution in [-0.2, 0) is 9.59 Å². The summed E-state index contributed by atoms with van der Waals surface area (Å²) in [6, 6.07) is 6.37. The molecule has 0 aromatic heterocycles.